The molecule has 0 bridgehead atoms. The molecule has 1 unspecified atom stereocenters. The summed E-state index contributed by atoms with van der Waals surface area (Å²) in [6.45, 7) is 3.13. The topological polar surface area (TPSA) is 29.5 Å². The minimum atomic E-state index is 0.0982. The number of hydrogen-bond donors (Lipinski definition) is 0. The van der Waals surface area contributed by atoms with Gasteiger partial charge in [-0.2, -0.15) is 0 Å². The molecule has 1 heterocycles. The Balaban J connectivity index is 1.88. The molecule has 1 aromatic carbocycles. The molecule has 98 valence electrons. The second-order valence-electron chi connectivity index (χ2n) is 4.68. The Hall–Kier alpha value is -0.780. The lowest BCUT2D eigenvalue weighted by Crippen LogP contribution is -2.44. The molecule has 3 nitrogen and oxygen atoms in total. The molecule has 1 aliphatic rings. The third-order valence-electron chi connectivity index (χ3n) is 3.28. The molecule has 0 radical (unpaired) electrons. The molecule has 0 aliphatic carbocycles. The highest BCUT2D eigenvalue weighted by Gasteiger charge is 2.23. The number of nitrogens with zero attached hydrogens (tertiary/aromatic N) is 1. The SMILES string of the molecule is CC1CCCCN1C(=O)COc1cccc(I)c1. The standard InChI is InChI=1S/C14H18INO2/c1-11-5-2-3-8-16(11)14(17)10-18-13-7-4-6-12(15)9-13/h4,6-7,9,11H,2-3,5,8,10H2,1H3. The third kappa shape index (κ3) is 3.60. The summed E-state index contributed by atoms with van der Waals surface area (Å²) in [4.78, 5) is 14.0. The molecule has 0 N–H and O–H groups in total. The minimum Gasteiger partial charge on any atom is -0.484 e. The predicted octanol–water partition coefficient (Wildman–Crippen LogP) is 3.07. The first kappa shape index (κ1) is 13.6. The largest absolute Gasteiger partial charge is 0.484 e. The van der Waals surface area contributed by atoms with Crippen molar-refractivity contribution in [3.8, 4) is 5.75 Å². The predicted molar refractivity (Wildman–Crippen MR) is 79.7 cm³/mol. The molecule has 1 fully saturated rings. The van der Waals surface area contributed by atoms with E-state index in [0.29, 0.717) is 6.04 Å². The lowest BCUT2D eigenvalue weighted by atomic mass is 10.0. The summed E-state index contributed by atoms with van der Waals surface area (Å²) in [6, 6.07) is 8.11. The van der Waals surface area contributed by atoms with E-state index in [1.807, 2.05) is 29.2 Å². The number of rotatable bonds is 3. The first-order valence-corrected chi connectivity index (χ1v) is 7.42. The Morgan fingerprint density at radius 2 is 2.33 bits per heavy atom. The molecule has 0 saturated carbocycles. The Morgan fingerprint density at radius 1 is 1.50 bits per heavy atom. The van der Waals surface area contributed by atoms with Crippen LogP contribution in [-0.4, -0.2) is 30.0 Å². The number of piperidine rings is 1. The van der Waals surface area contributed by atoms with Crippen LogP contribution in [-0.2, 0) is 4.79 Å². The quantitative estimate of drug-likeness (QED) is 0.777. The van der Waals surface area contributed by atoms with Crippen molar-refractivity contribution in [3.63, 3.8) is 0 Å². The van der Waals surface area contributed by atoms with Gasteiger partial charge in [-0.1, -0.05) is 6.07 Å². The maximum absolute atomic E-state index is 12.1. The van der Waals surface area contributed by atoms with Gasteiger partial charge in [0.25, 0.3) is 5.91 Å². The molecule has 0 aromatic heterocycles. The van der Waals surface area contributed by atoms with Gasteiger partial charge in [0.2, 0.25) is 0 Å². The van der Waals surface area contributed by atoms with Crippen molar-refractivity contribution in [2.75, 3.05) is 13.2 Å². The van der Waals surface area contributed by atoms with E-state index < -0.39 is 0 Å². The van der Waals surface area contributed by atoms with Crippen LogP contribution in [0.1, 0.15) is 26.2 Å². The maximum atomic E-state index is 12.1. The van der Waals surface area contributed by atoms with Crippen molar-refractivity contribution in [2.45, 2.75) is 32.2 Å². The van der Waals surface area contributed by atoms with Crippen molar-refractivity contribution < 1.29 is 9.53 Å². The van der Waals surface area contributed by atoms with Crippen LogP contribution in [0.4, 0.5) is 0 Å². The summed E-state index contributed by atoms with van der Waals surface area (Å²) < 4.78 is 6.67. The van der Waals surface area contributed by atoms with Crippen molar-refractivity contribution in [2.24, 2.45) is 0 Å². The van der Waals surface area contributed by atoms with Gasteiger partial charge in [0, 0.05) is 16.2 Å². The summed E-state index contributed by atoms with van der Waals surface area (Å²) in [5.41, 5.74) is 0. The van der Waals surface area contributed by atoms with E-state index in [2.05, 4.69) is 29.5 Å². The number of hydrogen-bond acceptors (Lipinski definition) is 2. The zero-order valence-electron chi connectivity index (χ0n) is 10.6. The summed E-state index contributed by atoms with van der Waals surface area (Å²) in [5.74, 6) is 0.862. The van der Waals surface area contributed by atoms with Crippen molar-refractivity contribution in [3.05, 3.63) is 27.8 Å². The fraction of sp³-hybridized carbons (Fsp3) is 0.500. The van der Waals surface area contributed by atoms with E-state index in [0.717, 1.165) is 28.7 Å². The van der Waals surface area contributed by atoms with Gasteiger partial charge >= 0.3 is 0 Å². The van der Waals surface area contributed by atoms with Gasteiger partial charge in [-0.25, -0.2) is 0 Å². The molecule has 0 spiro atoms. The fourth-order valence-corrected chi connectivity index (χ4v) is 2.77. The summed E-state index contributed by atoms with van der Waals surface area (Å²) >= 11 is 2.23. The second kappa shape index (κ2) is 6.41. The summed E-state index contributed by atoms with van der Waals surface area (Å²) in [5, 5.41) is 0. The Kier molecular flexibility index (Phi) is 4.86. The number of carbonyl (C=O) groups excluding carboxylic acids is 1. The molecule has 1 amide bonds. The van der Waals surface area contributed by atoms with Gasteiger partial charge in [-0.15, -0.1) is 0 Å². The number of benzene rings is 1. The van der Waals surface area contributed by atoms with Crippen LogP contribution >= 0.6 is 22.6 Å². The number of halogens is 1. The molecular weight excluding hydrogens is 341 g/mol. The minimum absolute atomic E-state index is 0.0982. The normalized spacial score (nSPS) is 19.7. The highest BCUT2D eigenvalue weighted by molar-refractivity contribution is 14.1. The van der Waals surface area contributed by atoms with E-state index in [1.165, 1.54) is 6.42 Å². The highest BCUT2D eigenvalue weighted by atomic mass is 127. The van der Waals surface area contributed by atoms with E-state index in [4.69, 9.17) is 4.74 Å². The third-order valence-corrected chi connectivity index (χ3v) is 3.95. The van der Waals surface area contributed by atoms with Gasteiger partial charge in [-0.05, 0) is 67.0 Å². The first-order valence-electron chi connectivity index (χ1n) is 6.34. The van der Waals surface area contributed by atoms with Crippen molar-refractivity contribution in [1.82, 2.24) is 4.90 Å². The highest BCUT2D eigenvalue weighted by Crippen LogP contribution is 2.18. The molecule has 2 rings (SSSR count). The van der Waals surface area contributed by atoms with Crippen LogP contribution in [0, 0.1) is 3.57 Å². The van der Waals surface area contributed by atoms with Gasteiger partial charge < -0.3 is 9.64 Å². The number of ether oxygens (including phenoxy) is 1. The molecule has 1 saturated heterocycles. The zero-order chi connectivity index (χ0) is 13.0. The van der Waals surface area contributed by atoms with Gasteiger partial charge in [0.15, 0.2) is 6.61 Å². The Morgan fingerprint density at radius 3 is 3.06 bits per heavy atom. The number of carbonyl (C=O) groups is 1. The molecule has 4 heteroatoms. The smallest absolute Gasteiger partial charge is 0.260 e. The molecule has 18 heavy (non-hydrogen) atoms. The Bertz CT molecular complexity index is 422. The summed E-state index contributed by atoms with van der Waals surface area (Å²) in [6.07, 6.45) is 3.44. The van der Waals surface area contributed by atoms with Crippen molar-refractivity contribution >= 4 is 28.5 Å². The molecule has 1 aliphatic heterocycles. The van der Waals surface area contributed by atoms with Gasteiger partial charge in [0.05, 0.1) is 0 Å². The molecule has 1 atom stereocenters. The monoisotopic (exact) mass is 359 g/mol. The molecule has 1 aromatic rings. The average molecular weight is 359 g/mol. The zero-order valence-corrected chi connectivity index (χ0v) is 12.7. The van der Waals surface area contributed by atoms with Crippen molar-refractivity contribution in [1.29, 1.82) is 0 Å². The lowest BCUT2D eigenvalue weighted by Gasteiger charge is -2.33. The van der Waals surface area contributed by atoms with Gasteiger partial charge in [-0.3, -0.25) is 4.79 Å². The fourth-order valence-electron chi connectivity index (χ4n) is 2.25. The average Bonchev–Trinajstić information content (AvgIpc) is 2.37. The van der Waals surface area contributed by atoms with Crippen LogP contribution in [0.2, 0.25) is 0 Å². The first-order chi connectivity index (χ1) is 8.66. The molecular formula is C14H18INO2. The van der Waals surface area contributed by atoms with Crippen LogP contribution in [0.3, 0.4) is 0 Å². The number of amides is 1. The summed E-state index contributed by atoms with van der Waals surface area (Å²) in [7, 11) is 0. The van der Waals surface area contributed by atoms with E-state index >= 15 is 0 Å². The van der Waals surface area contributed by atoms with Crippen LogP contribution < -0.4 is 4.74 Å². The second-order valence-corrected chi connectivity index (χ2v) is 5.92. The van der Waals surface area contributed by atoms with E-state index in [-0.39, 0.29) is 12.5 Å². The number of likely N-dealkylation sites (tertiary alicyclic amines) is 1. The Labute approximate surface area is 122 Å². The van der Waals surface area contributed by atoms with Crippen LogP contribution in [0.25, 0.3) is 0 Å². The van der Waals surface area contributed by atoms with Crippen LogP contribution in [0.15, 0.2) is 24.3 Å². The lowest BCUT2D eigenvalue weighted by molar-refractivity contribution is -0.136. The van der Waals surface area contributed by atoms with E-state index in [9.17, 15) is 4.79 Å². The van der Waals surface area contributed by atoms with E-state index in [1.54, 1.807) is 0 Å². The van der Waals surface area contributed by atoms with Gasteiger partial charge in [0.1, 0.15) is 5.75 Å². The maximum Gasteiger partial charge on any atom is 0.260 e. The van der Waals surface area contributed by atoms with Crippen LogP contribution in [0.5, 0.6) is 5.75 Å².